The molecule has 0 atom stereocenters. The summed E-state index contributed by atoms with van der Waals surface area (Å²) in [6.07, 6.45) is 0. The summed E-state index contributed by atoms with van der Waals surface area (Å²) < 4.78 is 5.39. The molecule has 1 aliphatic rings. The van der Waals surface area contributed by atoms with Crippen LogP contribution in [0.4, 0.5) is 5.69 Å². The molecule has 0 aliphatic carbocycles. The van der Waals surface area contributed by atoms with Gasteiger partial charge in [0.05, 0.1) is 23.9 Å². The summed E-state index contributed by atoms with van der Waals surface area (Å²) in [5, 5.41) is 6.68. The molecule has 4 nitrogen and oxygen atoms in total. The molecule has 0 saturated carbocycles. The highest BCUT2D eigenvalue weighted by molar-refractivity contribution is 7.09. The smallest absolute Gasteiger partial charge is 0.0897 e. The van der Waals surface area contributed by atoms with E-state index in [1.807, 2.05) is 6.92 Å². The lowest BCUT2D eigenvalue weighted by Crippen LogP contribution is -2.36. The number of hydrogen-bond acceptors (Lipinski definition) is 5. The van der Waals surface area contributed by atoms with E-state index in [1.165, 1.54) is 11.3 Å². The fourth-order valence-corrected chi connectivity index (χ4v) is 3.08. The van der Waals surface area contributed by atoms with E-state index in [0.717, 1.165) is 50.1 Å². The van der Waals surface area contributed by atoms with E-state index in [2.05, 4.69) is 44.8 Å². The van der Waals surface area contributed by atoms with Gasteiger partial charge in [0.25, 0.3) is 0 Å². The van der Waals surface area contributed by atoms with Gasteiger partial charge >= 0.3 is 0 Å². The molecule has 0 unspecified atom stereocenters. The molecule has 5 heteroatoms. The minimum atomic E-state index is 0.829. The van der Waals surface area contributed by atoms with Gasteiger partial charge in [-0.3, -0.25) is 0 Å². The van der Waals surface area contributed by atoms with Crippen molar-refractivity contribution >= 4 is 17.0 Å². The van der Waals surface area contributed by atoms with E-state index in [-0.39, 0.29) is 0 Å². The molecule has 112 valence electrons. The van der Waals surface area contributed by atoms with Crippen LogP contribution in [0.5, 0.6) is 0 Å². The normalized spacial score (nSPS) is 15.4. The number of ether oxygens (including phenoxy) is 1. The molecule has 3 rings (SSSR count). The molecular formula is C16H21N3OS. The molecule has 1 fully saturated rings. The lowest BCUT2D eigenvalue weighted by Gasteiger charge is -2.28. The van der Waals surface area contributed by atoms with Gasteiger partial charge in [-0.2, -0.15) is 0 Å². The first-order chi connectivity index (χ1) is 10.3. The Morgan fingerprint density at radius 2 is 1.95 bits per heavy atom. The second-order valence-corrected chi connectivity index (χ2v) is 6.29. The Morgan fingerprint density at radius 3 is 2.62 bits per heavy atom. The molecule has 21 heavy (non-hydrogen) atoms. The summed E-state index contributed by atoms with van der Waals surface area (Å²) in [4.78, 5) is 6.83. The first kappa shape index (κ1) is 14.5. The summed E-state index contributed by atoms with van der Waals surface area (Å²) in [5.41, 5.74) is 3.72. The van der Waals surface area contributed by atoms with Gasteiger partial charge in [0.1, 0.15) is 0 Å². The summed E-state index contributed by atoms with van der Waals surface area (Å²) in [6.45, 7) is 7.38. The largest absolute Gasteiger partial charge is 0.378 e. The van der Waals surface area contributed by atoms with Crippen molar-refractivity contribution in [2.75, 3.05) is 31.2 Å². The van der Waals surface area contributed by atoms with Gasteiger partial charge < -0.3 is 15.0 Å². The van der Waals surface area contributed by atoms with Crippen LogP contribution in [0.15, 0.2) is 29.6 Å². The number of nitrogens with zero attached hydrogens (tertiary/aromatic N) is 2. The van der Waals surface area contributed by atoms with Crippen LogP contribution in [0, 0.1) is 6.92 Å². The van der Waals surface area contributed by atoms with Crippen LogP contribution in [-0.4, -0.2) is 31.3 Å². The van der Waals surface area contributed by atoms with Crippen LogP contribution < -0.4 is 10.2 Å². The van der Waals surface area contributed by atoms with Crippen molar-refractivity contribution in [3.63, 3.8) is 0 Å². The van der Waals surface area contributed by atoms with Crippen molar-refractivity contribution in [2.24, 2.45) is 0 Å². The molecule has 1 aliphatic heterocycles. The molecule has 1 N–H and O–H groups in total. The quantitative estimate of drug-likeness (QED) is 0.921. The predicted molar refractivity (Wildman–Crippen MR) is 86.9 cm³/mol. The summed E-state index contributed by atoms with van der Waals surface area (Å²) >= 11 is 1.70. The third-order valence-corrected chi connectivity index (χ3v) is 4.44. The Balaban J connectivity index is 1.49. The highest BCUT2D eigenvalue weighted by Crippen LogP contribution is 2.16. The fourth-order valence-electron chi connectivity index (χ4n) is 2.47. The molecule has 0 spiro atoms. The van der Waals surface area contributed by atoms with Gasteiger partial charge in [0.15, 0.2) is 0 Å². The van der Waals surface area contributed by atoms with Crippen molar-refractivity contribution in [1.82, 2.24) is 10.3 Å². The lowest BCUT2D eigenvalue weighted by molar-refractivity contribution is 0.122. The molecule has 2 heterocycles. The zero-order valence-electron chi connectivity index (χ0n) is 12.3. The fraction of sp³-hybridized carbons (Fsp3) is 0.438. The van der Waals surface area contributed by atoms with Crippen LogP contribution in [0.3, 0.4) is 0 Å². The van der Waals surface area contributed by atoms with E-state index >= 15 is 0 Å². The minimum Gasteiger partial charge on any atom is -0.378 e. The van der Waals surface area contributed by atoms with Gasteiger partial charge in [-0.15, -0.1) is 11.3 Å². The molecule has 1 saturated heterocycles. The van der Waals surface area contributed by atoms with Crippen molar-refractivity contribution in [1.29, 1.82) is 0 Å². The second-order valence-electron chi connectivity index (χ2n) is 5.23. The highest BCUT2D eigenvalue weighted by atomic mass is 32.1. The van der Waals surface area contributed by atoms with Crippen molar-refractivity contribution in [2.45, 2.75) is 20.0 Å². The topological polar surface area (TPSA) is 37.4 Å². The van der Waals surface area contributed by atoms with Crippen LogP contribution >= 0.6 is 11.3 Å². The second kappa shape index (κ2) is 7.02. The summed E-state index contributed by atoms with van der Waals surface area (Å²) in [7, 11) is 0. The number of anilines is 1. The van der Waals surface area contributed by atoms with Crippen LogP contribution in [0.25, 0.3) is 0 Å². The number of rotatable bonds is 5. The number of morpholine rings is 1. The van der Waals surface area contributed by atoms with E-state index in [1.54, 1.807) is 11.3 Å². The Hall–Kier alpha value is -1.43. The van der Waals surface area contributed by atoms with Crippen molar-refractivity contribution < 1.29 is 4.74 Å². The van der Waals surface area contributed by atoms with E-state index in [4.69, 9.17) is 4.74 Å². The Kier molecular flexibility index (Phi) is 4.85. The van der Waals surface area contributed by atoms with Gasteiger partial charge in [0, 0.05) is 37.2 Å². The minimum absolute atomic E-state index is 0.829. The Morgan fingerprint density at radius 1 is 1.19 bits per heavy atom. The molecule has 1 aromatic carbocycles. The SMILES string of the molecule is Cc1nc(CNCc2ccc(N3CCOCC3)cc2)cs1. The average Bonchev–Trinajstić information content (AvgIpc) is 2.94. The summed E-state index contributed by atoms with van der Waals surface area (Å²) in [5.74, 6) is 0. The Labute approximate surface area is 129 Å². The van der Waals surface area contributed by atoms with Crippen molar-refractivity contribution in [3.8, 4) is 0 Å². The number of hydrogen-bond donors (Lipinski definition) is 1. The molecular weight excluding hydrogens is 282 g/mol. The van der Waals surface area contributed by atoms with Gasteiger partial charge in [-0.1, -0.05) is 12.1 Å². The first-order valence-electron chi connectivity index (χ1n) is 7.34. The van der Waals surface area contributed by atoms with Crippen LogP contribution in [0.2, 0.25) is 0 Å². The zero-order chi connectivity index (χ0) is 14.5. The molecule has 0 radical (unpaired) electrons. The van der Waals surface area contributed by atoms with Crippen molar-refractivity contribution in [3.05, 3.63) is 45.9 Å². The molecule has 0 amide bonds. The van der Waals surface area contributed by atoms with E-state index in [0.29, 0.717) is 0 Å². The molecule has 1 aromatic heterocycles. The lowest BCUT2D eigenvalue weighted by atomic mass is 10.2. The highest BCUT2D eigenvalue weighted by Gasteiger charge is 2.10. The van der Waals surface area contributed by atoms with Gasteiger partial charge in [-0.25, -0.2) is 4.98 Å². The van der Waals surface area contributed by atoms with E-state index in [9.17, 15) is 0 Å². The van der Waals surface area contributed by atoms with Crippen LogP contribution in [-0.2, 0) is 17.8 Å². The Bertz CT molecular complexity index is 561. The number of thiazole rings is 1. The van der Waals surface area contributed by atoms with E-state index < -0.39 is 0 Å². The number of nitrogens with one attached hydrogen (secondary N) is 1. The first-order valence-corrected chi connectivity index (χ1v) is 8.22. The number of benzene rings is 1. The van der Waals surface area contributed by atoms with Crippen LogP contribution in [0.1, 0.15) is 16.3 Å². The van der Waals surface area contributed by atoms with Gasteiger partial charge in [0.2, 0.25) is 0 Å². The van der Waals surface area contributed by atoms with Gasteiger partial charge in [-0.05, 0) is 24.6 Å². The molecule has 0 bridgehead atoms. The average molecular weight is 303 g/mol. The zero-order valence-corrected chi connectivity index (χ0v) is 13.2. The maximum absolute atomic E-state index is 5.39. The predicted octanol–water partition coefficient (Wildman–Crippen LogP) is 2.58. The summed E-state index contributed by atoms with van der Waals surface area (Å²) in [6, 6.07) is 8.80. The number of aromatic nitrogens is 1. The molecule has 2 aromatic rings. The third-order valence-electron chi connectivity index (χ3n) is 3.61. The third kappa shape index (κ3) is 4.03. The maximum Gasteiger partial charge on any atom is 0.0897 e. The standard InChI is InChI=1S/C16H21N3OS/c1-13-18-15(12-21-13)11-17-10-14-2-4-16(5-3-14)19-6-8-20-9-7-19/h2-5,12,17H,6-11H2,1H3. The number of aryl methyl sites for hydroxylation is 1. The monoisotopic (exact) mass is 303 g/mol. The maximum atomic E-state index is 5.39.